The van der Waals surface area contributed by atoms with Crippen molar-refractivity contribution in [2.45, 2.75) is 20.8 Å². The van der Waals surface area contributed by atoms with Crippen molar-refractivity contribution >= 4 is 17.3 Å². The zero-order valence-corrected chi connectivity index (χ0v) is 14.0. The number of ether oxygens (including phenoxy) is 1. The molecule has 0 aliphatic carbocycles. The Morgan fingerprint density at radius 2 is 1.83 bits per heavy atom. The number of carbonyl (C=O) groups is 2. The van der Waals surface area contributed by atoms with Crippen LogP contribution >= 0.6 is 0 Å². The van der Waals surface area contributed by atoms with E-state index < -0.39 is 5.97 Å². The first-order chi connectivity index (χ1) is 11.5. The number of hydrogen-bond donors (Lipinski definition) is 0. The van der Waals surface area contributed by atoms with Gasteiger partial charge in [-0.15, -0.1) is 0 Å². The lowest BCUT2D eigenvalue weighted by molar-refractivity contribution is 0.0525. The fourth-order valence-electron chi connectivity index (χ4n) is 3.06. The molecular formula is C20H19NO3. The molecule has 0 saturated heterocycles. The molecule has 1 aromatic carbocycles. The van der Waals surface area contributed by atoms with E-state index in [1.807, 2.05) is 53.1 Å². The number of rotatable bonds is 4. The molecule has 0 N–H and O–H groups in total. The van der Waals surface area contributed by atoms with Gasteiger partial charge >= 0.3 is 5.97 Å². The van der Waals surface area contributed by atoms with Crippen LogP contribution in [0.1, 0.15) is 40.3 Å². The molecule has 24 heavy (non-hydrogen) atoms. The largest absolute Gasteiger partial charge is 0.462 e. The molecule has 0 unspecified atom stereocenters. The molecule has 2 aromatic heterocycles. The smallest absolute Gasteiger partial charge is 0.338 e. The van der Waals surface area contributed by atoms with Crippen LogP contribution in [0.15, 0.2) is 48.7 Å². The van der Waals surface area contributed by atoms with Crippen LogP contribution < -0.4 is 0 Å². The minimum Gasteiger partial charge on any atom is -0.462 e. The lowest BCUT2D eigenvalue weighted by atomic mass is 10.0. The van der Waals surface area contributed by atoms with Gasteiger partial charge in [-0.2, -0.15) is 0 Å². The third-order valence-corrected chi connectivity index (χ3v) is 4.12. The lowest BCUT2D eigenvalue weighted by Crippen LogP contribution is -2.13. The highest BCUT2D eigenvalue weighted by molar-refractivity contribution is 6.02. The summed E-state index contributed by atoms with van der Waals surface area (Å²) in [6.45, 7) is 5.36. The molecule has 4 nitrogen and oxygen atoms in total. The number of carbonyl (C=O) groups excluding carboxylic acids is 2. The van der Waals surface area contributed by atoms with Crippen molar-refractivity contribution in [3.63, 3.8) is 0 Å². The summed E-state index contributed by atoms with van der Waals surface area (Å²) in [7, 11) is 0. The first-order valence-electron chi connectivity index (χ1n) is 7.92. The maximum absolute atomic E-state index is 12.3. The lowest BCUT2D eigenvalue weighted by Gasteiger charge is -2.13. The van der Waals surface area contributed by atoms with Crippen LogP contribution in [0.5, 0.6) is 0 Å². The quantitative estimate of drug-likeness (QED) is 0.532. The summed E-state index contributed by atoms with van der Waals surface area (Å²) in [6.07, 6.45) is 1.87. The van der Waals surface area contributed by atoms with Gasteiger partial charge in [0.1, 0.15) is 0 Å². The van der Waals surface area contributed by atoms with Gasteiger partial charge in [-0.1, -0.05) is 30.3 Å². The minimum absolute atomic E-state index is 0.0844. The topological polar surface area (TPSA) is 47.8 Å². The Bertz CT molecular complexity index is 923. The van der Waals surface area contributed by atoms with Crippen LogP contribution in [0, 0.1) is 6.92 Å². The summed E-state index contributed by atoms with van der Waals surface area (Å²) in [5.74, 6) is -0.487. The summed E-state index contributed by atoms with van der Waals surface area (Å²) < 4.78 is 7.00. The third-order valence-electron chi connectivity index (χ3n) is 4.12. The minimum atomic E-state index is -0.403. The Hall–Kier alpha value is -2.88. The Balaban J connectivity index is 2.33. The maximum atomic E-state index is 12.3. The van der Waals surface area contributed by atoms with E-state index in [1.165, 1.54) is 6.92 Å². The molecule has 0 amide bonds. The van der Waals surface area contributed by atoms with Crippen LogP contribution in [0.3, 0.4) is 0 Å². The molecule has 0 fully saturated rings. The van der Waals surface area contributed by atoms with Crippen LogP contribution in [0.25, 0.3) is 16.6 Å². The molecule has 3 rings (SSSR count). The highest BCUT2D eigenvalue weighted by atomic mass is 16.5. The Labute approximate surface area is 140 Å². The Kier molecular flexibility index (Phi) is 4.21. The number of pyridine rings is 1. The van der Waals surface area contributed by atoms with Gasteiger partial charge in [-0.05, 0) is 37.1 Å². The molecule has 122 valence electrons. The molecule has 0 radical (unpaired) electrons. The molecular weight excluding hydrogens is 302 g/mol. The molecule has 2 heterocycles. The molecule has 0 atom stereocenters. The van der Waals surface area contributed by atoms with Gasteiger partial charge in [0.05, 0.1) is 23.4 Å². The van der Waals surface area contributed by atoms with Gasteiger partial charge in [0.15, 0.2) is 5.78 Å². The average molecular weight is 321 g/mol. The van der Waals surface area contributed by atoms with Crippen LogP contribution in [-0.4, -0.2) is 22.8 Å². The molecule has 0 spiro atoms. The summed E-state index contributed by atoms with van der Waals surface area (Å²) in [5, 5.41) is 0. The summed E-state index contributed by atoms with van der Waals surface area (Å²) in [4.78, 5) is 24.5. The number of ketones is 1. The van der Waals surface area contributed by atoms with Crippen molar-refractivity contribution in [1.29, 1.82) is 0 Å². The van der Waals surface area contributed by atoms with Crippen molar-refractivity contribution < 1.29 is 14.3 Å². The number of Topliss-reactive ketones (excluding diaryl/α,β-unsaturated/α-hetero) is 1. The zero-order valence-electron chi connectivity index (χ0n) is 14.0. The molecule has 4 heteroatoms. The number of aromatic nitrogens is 1. The van der Waals surface area contributed by atoms with E-state index >= 15 is 0 Å². The maximum Gasteiger partial charge on any atom is 0.338 e. The number of fused-ring (bicyclic) bond motifs is 1. The van der Waals surface area contributed by atoms with E-state index in [1.54, 1.807) is 13.8 Å². The number of benzene rings is 1. The summed E-state index contributed by atoms with van der Waals surface area (Å²) in [5.41, 5.74) is 4.42. The molecule has 0 aliphatic heterocycles. The monoisotopic (exact) mass is 321 g/mol. The van der Waals surface area contributed by atoms with Crippen LogP contribution in [-0.2, 0) is 4.74 Å². The van der Waals surface area contributed by atoms with Gasteiger partial charge < -0.3 is 9.14 Å². The second kappa shape index (κ2) is 6.32. The van der Waals surface area contributed by atoms with Crippen molar-refractivity contribution in [1.82, 2.24) is 4.40 Å². The van der Waals surface area contributed by atoms with Gasteiger partial charge in [0.25, 0.3) is 0 Å². The first-order valence-corrected chi connectivity index (χ1v) is 7.92. The summed E-state index contributed by atoms with van der Waals surface area (Å²) in [6, 6.07) is 13.7. The van der Waals surface area contributed by atoms with Crippen molar-refractivity contribution in [2.24, 2.45) is 0 Å². The van der Waals surface area contributed by atoms with Crippen molar-refractivity contribution in [2.75, 3.05) is 6.61 Å². The molecule has 0 saturated carbocycles. The Morgan fingerprint density at radius 1 is 1.12 bits per heavy atom. The van der Waals surface area contributed by atoms with Crippen LogP contribution in [0.4, 0.5) is 0 Å². The second-order valence-corrected chi connectivity index (χ2v) is 5.66. The number of esters is 1. The van der Waals surface area contributed by atoms with Crippen molar-refractivity contribution in [3.8, 4) is 11.1 Å². The van der Waals surface area contributed by atoms with E-state index in [2.05, 4.69) is 0 Å². The van der Waals surface area contributed by atoms with E-state index in [4.69, 9.17) is 4.74 Å². The number of hydrogen-bond acceptors (Lipinski definition) is 3. The zero-order chi connectivity index (χ0) is 17.3. The van der Waals surface area contributed by atoms with E-state index in [-0.39, 0.29) is 5.78 Å². The third kappa shape index (κ3) is 2.60. The van der Waals surface area contributed by atoms with E-state index in [0.29, 0.717) is 23.4 Å². The average Bonchev–Trinajstić information content (AvgIpc) is 2.98. The van der Waals surface area contributed by atoms with E-state index in [0.717, 1.165) is 16.6 Å². The molecule has 0 bridgehead atoms. The van der Waals surface area contributed by atoms with Gasteiger partial charge in [-0.25, -0.2) is 4.79 Å². The Morgan fingerprint density at radius 3 is 2.46 bits per heavy atom. The number of nitrogens with zero attached hydrogens (tertiary/aromatic N) is 1. The fourth-order valence-corrected chi connectivity index (χ4v) is 3.06. The van der Waals surface area contributed by atoms with Gasteiger partial charge in [0.2, 0.25) is 0 Å². The van der Waals surface area contributed by atoms with Crippen LogP contribution in [0.2, 0.25) is 0 Å². The second-order valence-electron chi connectivity index (χ2n) is 5.66. The predicted molar refractivity (Wildman–Crippen MR) is 93.5 cm³/mol. The highest BCUT2D eigenvalue weighted by Gasteiger charge is 2.20. The highest BCUT2D eigenvalue weighted by Crippen LogP contribution is 2.30. The normalized spacial score (nSPS) is 10.8. The van der Waals surface area contributed by atoms with Crippen molar-refractivity contribution in [3.05, 3.63) is 65.5 Å². The van der Waals surface area contributed by atoms with Gasteiger partial charge in [0, 0.05) is 18.7 Å². The predicted octanol–water partition coefficient (Wildman–Crippen LogP) is 4.29. The first kappa shape index (κ1) is 16.0. The SMILES string of the molecule is CCOC(=O)c1cc2c(-c3ccccc3)ccn2c(C(C)=O)c1C. The molecule has 3 aromatic rings. The van der Waals surface area contributed by atoms with Gasteiger partial charge in [-0.3, -0.25) is 4.79 Å². The van der Waals surface area contributed by atoms with E-state index in [9.17, 15) is 9.59 Å². The standard InChI is InChI=1S/C20H19NO3/c1-4-24-20(23)17-12-18-16(15-8-6-5-7-9-15)10-11-21(18)19(13(17)2)14(3)22/h5-12H,4H2,1-3H3. The fraction of sp³-hybridized carbons (Fsp3) is 0.200. The molecule has 0 aliphatic rings. The summed E-state index contributed by atoms with van der Waals surface area (Å²) >= 11 is 0.